The van der Waals surface area contributed by atoms with Crippen LogP contribution in [0, 0.1) is 35.5 Å². The molecule has 35 heavy (non-hydrogen) atoms. The van der Waals surface area contributed by atoms with E-state index in [1.807, 2.05) is 6.92 Å². The summed E-state index contributed by atoms with van der Waals surface area (Å²) >= 11 is 0. The molecule has 3 fully saturated rings. The van der Waals surface area contributed by atoms with Gasteiger partial charge in [-0.25, -0.2) is 4.83 Å². The summed E-state index contributed by atoms with van der Waals surface area (Å²) in [7, 11) is -3.67. The number of allylic oxidation sites excluding steroid dienone is 1. The van der Waals surface area contributed by atoms with Crippen molar-refractivity contribution in [1.82, 2.24) is 4.83 Å². The maximum absolute atomic E-state index is 12.8. The third-order valence-corrected chi connectivity index (χ3v) is 11.0. The maximum atomic E-state index is 12.8. The Labute approximate surface area is 209 Å². The number of aryl methyl sites for hydroxylation is 1. The van der Waals surface area contributed by atoms with Crippen LogP contribution in [0.15, 0.2) is 45.9 Å². The largest absolute Gasteiger partial charge is 0.462 e. The van der Waals surface area contributed by atoms with Crippen LogP contribution in [-0.4, -0.2) is 26.2 Å². The highest BCUT2D eigenvalue weighted by atomic mass is 32.2. The van der Waals surface area contributed by atoms with Crippen molar-refractivity contribution in [1.29, 1.82) is 0 Å². The number of hydrogen-bond acceptors (Lipinski definition) is 5. The van der Waals surface area contributed by atoms with Crippen molar-refractivity contribution in [3.8, 4) is 0 Å². The molecule has 0 amide bonds. The fourth-order valence-corrected chi connectivity index (χ4v) is 8.65. The molecule has 1 aromatic rings. The normalized spacial score (nSPS) is 37.6. The molecule has 3 saturated carbocycles. The topological polar surface area (TPSA) is 84.8 Å². The van der Waals surface area contributed by atoms with Crippen LogP contribution in [0.1, 0.15) is 77.7 Å². The average Bonchev–Trinajstić information content (AvgIpc) is 3.14. The van der Waals surface area contributed by atoms with Gasteiger partial charge in [0.2, 0.25) is 0 Å². The Hall–Kier alpha value is -2.15. The van der Waals surface area contributed by atoms with Crippen LogP contribution < -0.4 is 4.83 Å². The number of esters is 1. The van der Waals surface area contributed by atoms with Crippen molar-refractivity contribution in [2.45, 2.75) is 90.1 Å². The molecule has 5 rings (SSSR count). The van der Waals surface area contributed by atoms with E-state index in [0.29, 0.717) is 17.8 Å². The molecule has 0 saturated heterocycles. The molecule has 4 aliphatic carbocycles. The third-order valence-electron chi connectivity index (χ3n) is 9.76. The van der Waals surface area contributed by atoms with Crippen molar-refractivity contribution in [2.24, 2.45) is 33.7 Å². The molecule has 190 valence electrons. The monoisotopic (exact) mass is 498 g/mol. The van der Waals surface area contributed by atoms with Crippen LogP contribution >= 0.6 is 0 Å². The van der Waals surface area contributed by atoms with Crippen LogP contribution in [0.3, 0.4) is 0 Å². The van der Waals surface area contributed by atoms with E-state index < -0.39 is 10.0 Å². The highest BCUT2D eigenvalue weighted by Crippen LogP contribution is 2.64. The van der Waals surface area contributed by atoms with E-state index in [2.05, 4.69) is 29.9 Å². The van der Waals surface area contributed by atoms with Gasteiger partial charge in [0.15, 0.2) is 0 Å². The summed E-state index contributed by atoms with van der Waals surface area (Å²) in [6, 6.07) is 6.87. The van der Waals surface area contributed by atoms with E-state index in [0.717, 1.165) is 62.6 Å². The Kier molecular flexibility index (Phi) is 6.14. The molecular formula is C28H38N2O4S. The van der Waals surface area contributed by atoms with Crippen molar-refractivity contribution in [3.05, 3.63) is 41.5 Å². The Morgan fingerprint density at radius 2 is 1.74 bits per heavy atom. The number of fused-ring (bicyclic) bond motifs is 5. The Morgan fingerprint density at radius 1 is 1.06 bits per heavy atom. The van der Waals surface area contributed by atoms with Gasteiger partial charge in [-0.2, -0.15) is 13.5 Å². The number of rotatable bonds is 4. The fourth-order valence-electron chi connectivity index (χ4n) is 7.82. The lowest BCUT2D eigenvalue weighted by molar-refractivity contribution is -0.148. The number of hydrazone groups is 1. The first-order valence-electron chi connectivity index (χ1n) is 13.1. The summed E-state index contributed by atoms with van der Waals surface area (Å²) < 4.78 is 31.2. The minimum absolute atomic E-state index is 0.0176. The minimum atomic E-state index is -3.67. The predicted molar refractivity (Wildman–Crippen MR) is 136 cm³/mol. The number of sulfonamides is 1. The van der Waals surface area contributed by atoms with Crippen molar-refractivity contribution in [3.63, 3.8) is 0 Å². The van der Waals surface area contributed by atoms with Gasteiger partial charge in [-0.05, 0) is 87.2 Å². The highest BCUT2D eigenvalue weighted by molar-refractivity contribution is 7.89. The molecule has 0 aromatic heterocycles. The number of benzene rings is 1. The smallest absolute Gasteiger partial charge is 0.302 e. The summed E-state index contributed by atoms with van der Waals surface area (Å²) in [5.41, 5.74) is 3.63. The van der Waals surface area contributed by atoms with Crippen LogP contribution in [-0.2, 0) is 19.6 Å². The second-order valence-corrected chi connectivity index (χ2v) is 13.4. The summed E-state index contributed by atoms with van der Waals surface area (Å²) in [5, 5.41) is 4.54. The van der Waals surface area contributed by atoms with E-state index in [9.17, 15) is 13.2 Å². The molecule has 6 nitrogen and oxygen atoms in total. The zero-order chi connectivity index (χ0) is 25.0. The third kappa shape index (κ3) is 4.24. The first kappa shape index (κ1) is 24.5. The first-order valence-corrected chi connectivity index (χ1v) is 14.5. The van der Waals surface area contributed by atoms with Gasteiger partial charge in [-0.15, -0.1) is 0 Å². The molecule has 7 heteroatoms. The molecule has 4 aliphatic rings. The van der Waals surface area contributed by atoms with Gasteiger partial charge in [0, 0.05) is 24.5 Å². The molecule has 0 spiro atoms. The number of ether oxygens (including phenoxy) is 1. The standard InChI is InChI=1S/C28H38N2O4S/c1-18-5-8-22(9-6-18)35(32,33)30-29-26-12-11-24-23-10-7-20-17-21(34-19(2)31)13-15-27(20,3)25(23)14-16-28(24,26)4/h5-9,21,23-25,30H,10-17H2,1-4H3. The van der Waals surface area contributed by atoms with Crippen LogP contribution in [0.2, 0.25) is 0 Å². The van der Waals surface area contributed by atoms with E-state index in [1.54, 1.807) is 24.3 Å². The maximum Gasteiger partial charge on any atom is 0.302 e. The lowest BCUT2D eigenvalue weighted by atomic mass is 9.48. The van der Waals surface area contributed by atoms with Crippen LogP contribution in [0.5, 0.6) is 0 Å². The van der Waals surface area contributed by atoms with E-state index >= 15 is 0 Å². The summed E-state index contributed by atoms with van der Waals surface area (Å²) in [6.45, 7) is 8.18. The van der Waals surface area contributed by atoms with Gasteiger partial charge in [0.1, 0.15) is 6.10 Å². The lowest BCUT2D eigenvalue weighted by Crippen LogP contribution is -2.50. The van der Waals surface area contributed by atoms with E-state index in [1.165, 1.54) is 12.5 Å². The first-order chi connectivity index (χ1) is 16.5. The molecule has 0 radical (unpaired) electrons. The van der Waals surface area contributed by atoms with Crippen molar-refractivity contribution >= 4 is 21.7 Å². The quantitative estimate of drug-likeness (QED) is 0.336. The minimum Gasteiger partial charge on any atom is -0.462 e. The van der Waals surface area contributed by atoms with Crippen LogP contribution in [0.4, 0.5) is 0 Å². The number of carbonyl (C=O) groups excluding carboxylic acids is 1. The van der Waals surface area contributed by atoms with E-state index in [4.69, 9.17) is 4.74 Å². The fraction of sp³-hybridized carbons (Fsp3) is 0.643. The zero-order valence-corrected chi connectivity index (χ0v) is 22.2. The Balaban J connectivity index is 1.34. The van der Waals surface area contributed by atoms with E-state index in [-0.39, 0.29) is 27.8 Å². The molecule has 0 heterocycles. The summed E-state index contributed by atoms with van der Waals surface area (Å²) in [6.07, 6.45) is 10.5. The highest BCUT2D eigenvalue weighted by Gasteiger charge is 2.58. The van der Waals surface area contributed by atoms with Gasteiger partial charge in [0.05, 0.1) is 4.90 Å². The zero-order valence-electron chi connectivity index (χ0n) is 21.3. The lowest BCUT2D eigenvalue weighted by Gasteiger charge is -2.57. The van der Waals surface area contributed by atoms with Gasteiger partial charge in [-0.1, -0.05) is 43.2 Å². The molecule has 0 aliphatic heterocycles. The van der Waals surface area contributed by atoms with Crippen LogP contribution in [0.25, 0.3) is 0 Å². The van der Waals surface area contributed by atoms with Gasteiger partial charge < -0.3 is 4.74 Å². The SMILES string of the molecule is CC(=O)OC1CCC2(C)C(=CCC3C2CCC2(C)C(=NNS(=O)(=O)c4ccc(C)cc4)CCC32)C1. The molecule has 6 atom stereocenters. The molecule has 6 unspecified atom stereocenters. The average molecular weight is 499 g/mol. The predicted octanol–water partition coefficient (Wildman–Crippen LogP) is 5.52. The Morgan fingerprint density at radius 3 is 2.46 bits per heavy atom. The molecule has 1 N–H and O–H groups in total. The van der Waals surface area contributed by atoms with Gasteiger partial charge in [0.25, 0.3) is 10.0 Å². The molecule has 0 bridgehead atoms. The number of nitrogens with zero attached hydrogens (tertiary/aromatic N) is 1. The Bertz CT molecular complexity index is 1170. The summed E-state index contributed by atoms with van der Waals surface area (Å²) in [4.78, 5) is 14.3. The van der Waals surface area contributed by atoms with Crippen molar-refractivity contribution < 1.29 is 17.9 Å². The number of hydrogen-bond donors (Lipinski definition) is 1. The second-order valence-electron chi connectivity index (χ2n) is 11.7. The number of nitrogens with one attached hydrogen (secondary N) is 1. The van der Waals surface area contributed by atoms with Gasteiger partial charge in [-0.3, -0.25) is 4.79 Å². The molecule has 1 aromatic carbocycles. The second kappa shape index (κ2) is 8.75. The number of carbonyl (C=O) groups is 1. The van der Waals surface area contributed by atoms with Gasteiger partial charge >= 0.3 is 5.97 Å². The van der Waals surface area contributed by atoms with Crippen molar-refractivity contribution in [2.75, 3.05) is 0 Å². The molecular weight excluding hydrogens is 460 g/mol. The summed E-state index contributed by atoms with van der Waals surface area (Å²) in [5.74, 6) is 1.55.